The van der Waals surface area contributed by atoms with E-state index >= 15 is 0 Å². The number of hydrogen-bond donors (Lipinski definition) is 1. The summed E-state index contributed by atoms with van der Waals surface area (Å²) in [6.07, 6.45) is 2.51. The lowest BCUT2D eigenvalue weighted by Crippen LogP contribution is -2.54. The molecule has 0 radical (unpaired) electrons. The zero-order chi connectivity index (χ0) is 24.8. The molecule has 0 saturated carbocycles. The summed E-state index contributed by atoms with van der Waals surface area (Å²) >= 11 is 0. The van der Waals surface area contributed by atoms with Crippen molar-refractivity contribution < 1.29 is 23.9 Å². The molecular weight excluding hydrogens is 434 g/mol. The maximum absolute atomic E-state index is 13.3. The molecule has 1 N–H and O–H groups in total. The highest BCUT2D eigenvalue weighted by atomic mass is 16.5. The van der Waals surface area contributed by atoms with Gasteiger partial charge in [0.25, 0.3) is 11.8 Å². The summed E-state index contributed by atoms with van der Waals surface area (Å²) in [6.45, 7) is 6.61. The van der Waals surface area contributed by atoms with Gasteiger partial charge in [0.15, 0.2) is 0 Å². The lowest BCUT2D eigenvalue weighted by molar-refractivity contribution is -0.122. The fourth-order valence-electron chi connectivity index (χ4n) is 4.70. The molecule has 2 aliphatic heterocycles. The molecule has 8 nitrogen and oxygen atoms in total. The van der Waals surface area contributed by atoms with Crippen molar-refractivity contribution in [1.82, 2.24) is 5.32 Å². The number of nitrogens with one attached hydrogen (secondary N) is 1. The summed E-state index contributed by atoms with van der Waals surface area (Å²) in [6, 6.07) is 9.79. The molecule has 34 heavy (non-hydrogen) atoms. The molecule has 2 aromatic carbocycles. The van der Waals surface area contributed by atoms with Crippen LogP contribution in [0.25, 0.3) is 6.08 Å². The number of methoxy groups -OCH3 is 2. The van der Waals surface area contributed by atoms with Gasteiger partial charge in [0.2, 0.25) is 0 Å². The molecule has 1 atom stereocenters. The summed E-state index contributed by atoms with van der Waals surface area (Å²) in [5.41, 5.74) is 3.12. The number of urea groups is 1. The molecule has 8 heteroatoms. The summed E-state index contributed by atoms with van der Waals surface area (Å²) in [4.78, 5) is 41.8. The van der Waals surface area contributed by atoms with Crippen LogP contribution in [0.15, 0.2) is 42.0 Å². The van der Waals surface area contributed by atoms with Gasteiger partial charge in [-0.05, 0) is 67.7 Å². The maximum atomic E-state index is 13.3. The highest BCUT2D eigenvalue weighted by Crippen LogP contribution is 2.43. The van der Waals surface area contributed by atoms with Crippen LogP contribution >= 0.6 is 0 Å². The number of carbonyl (C=O) groups excluding carboxylic acids is 3. The molecule has 4 amide bonds. The van der Waals surface area contributed by atoms with Crippen LogP contribution in [0.2, 0.25) is 0 Å². The number of barbiturate groups is 1. The Hall–Kier alpha value is -3.81. The molecule has 0 spiro atoms. The molecule has 178 valence electrons. The number of benzene rings is 2. The molecule has 2 heterocycles. The second-order valence-electron chi connectivity index (χ2n) is 9.29. The standard InChI is InChI=1S/C26H29N3O5/c1-15-14-26(2,3)28(4)20-9-7-16(11-18(15)20)12-19-23(30)27-25(32)29(24(19)31)21-10-8-17(33-5)13-22(21)34-6/h7-13,15H,14H2,1-6H3,(H,27,30,32)/b19-12+/t15-/m1/s1. The van der Waals surface area contributed by atoms with Crippen LogP contribution in [0.4, 0.5) is 16.2 Å². The van der Waals surface area contributed by atoms with E-state index in [9.17, 15) is 14.4 Å². The number of rotatable bonds is 4. The molecule has 0 unspecified atom stereocenters. The predicted octanol–water partition coefficient (Wildman–Crippen LogP) is 4.09. The lowest BCUT2D eigenvalue weighted by atomic mass is 9.80. The molecule has 1 fully saturated rings. The number of fused-ring (bicyclic) bond motifs is 1. The first-order valence-corrected chi connectivity index (χ1v) is 11.1. The first kappa shape index (κ1) is 23.4. The number of carbonyl (C=O) groups is 3. The maximum Gasteiger partial charge on any atom is 0.336 e. The van der Waals surface area contributed by atoms with E-state index < -0.39 is 17.8 Å². The van der Waals surface area contributed by atoms with Crippen LogP contribution in [-0.4, -0.2) is 44.7 Å². The Labute approximate surface area is 199 Å². The lowest BCUT2D eigenvalue weighted by Gasteiger charge is -2.45. The van der Waals surface area contributed by atoms with Crippen molar-refractivity contribution in [1.29, 1.82) is 0 Å². The Morgan fingerprint density at radius 1 is 1.03 bits per heavy atom. The van der Waals surface area contributed by atoms with Gasteiger partial charge in [-0.2, -0.15) is 0 Å². The Kier molecular flexibility index (Phi) is 5.85. The van der Waals surface area contributed by atoms with Gasteiger partial charge in [-0.1, -0.05) is 13.0 Å². The second-order valence-corrected chi connectivity index (χ2v) is 9.29. The highest BCUT2D eigenvalue weighted by molar-refractivity contribution is 6.39. The van der Waals surface area contributed by atoms with Crippen molar-refractivity contribution in [3.8, 4) is 11.5 Å². The van der Waals surface area contributed by atoms with E-state index in [1.807, 2.05) is 18.2 Å². The van der Waals surface area contributed by atoms with Crippen molar-refractivity contribution in [2.24, 2.45) is 0 Å². The number of anilines is 2. The molecule has 2 aliphatic rings. The van der Waals surface area contributed by atoms with Gasteiger partial charge >= 0.3 is 6.03 Å². The minimum Gasteiger partial charge on any atom is -0.497 e. The average Bonchev–Trinajstić information content (AvgIpc) is 2.80. The summed E-state index contributed by atoms with van der Waals surface area (Å²) < 4.78 is 10.5. The van der Waals surface area contributed by atoms with E-state index in [1.54, 1.807) is 18.2 Å². The number of amides is 4. The van der Waals surface area contributed by atoms with E-state index in [1.165, 1.54) is 20.3 Å². The molecular formula is C26H29N3O5. The van der Waals surface area contributed by atoms with Gasteiger partial charge in [0.05, 0.1) is 19.9 Å². The summed E-state index contributed by atoms with van der Waals surface area (Å²) in [5, 5.41) is 2.26. The quantitative estimate of drug-likeness (QED) is 0.543. The molecule has 0 bridgehead atoms. The van der Waals surface area contributed by atoms with Crippen LogP contribution in [0, 0.1) is 0 Å². The molecule has 4 rings (SSSR count). The van der Waals surface area contributed by atoms with Gasteiger partial charge in [0.1, 0.15) is 17.1 Å². The van der Waals surface area contributed by atoms with Crippen LogP contribution < -0.4 is 24.6 Å². The number of hydrogen-bond acceptors (Lipinski definition) is 6. The minimum absolute atomic E-state index is 0.0316. The second kappa shape index (κ2) is 8.52. The number of imide groups is 2. The van der Waals surface area contributed by atoms with E-state index in [0.717, 1.165) is 22.6 Å². The van der Waals surface area contributed by atoms with Crippen molar-refractivity contribution >= 4 is 35.3 Å². The predicted molar refractivity (Wildman–Crippen MR) is 131 cm³/mol. The zero-order valence-electron chi connectivity index (χ0n) is 20.3. The van der Waals surface area contributed by atoms with Crippen LogP contribution in [0.5, 0.6) is 11.5 Å². The van der Waals surface area contributed by atoms with Gasteiger partial charge in [0, 0.05) is 24.3 Å². The third-order valence-corrected chi connectivity index (χ3v) is 6.70. The first-order chi connectivity index (χ1) is 16.1. The van der Waals surface area contributed by atoms with Crippen LogP contribution in [0.1, 0.15) is 44.2 Å². The van der Waals surface area contributed by atoms with E-state index in [0.29, 0.717) is 17.2 Å². The Morgan fingerprint density at radius 3 is 2.41 bits per heavy atom. The Bertz CT molecular complexity index is 1220. The molecule has 0 aromatic heterocycles. The number of nitrogens with zero attached hydrogens (tertiary/aromatic N) is 2. The number of ether oxygens (including phenoxy) is 2. The van der Waals surface area contributed by atoms with Crippen LogP contribution in [-0.2, 0) is 9.59 Å². The third-order valence-electron chi connectivity index (χ3n) is 6.70. The molecule has 0 aliphatic carbocycles. The van der Waals surface area contributed by atoms with E-state index in [4.69, 9.17) is 9.47 Å². The smallest absolute Gasteiger partial charge is 0.336 e. The minimum atomic E-state index is -0.835. The largest absolute Gasteiger partial charge is 0.497 e. The van der Waals surface area contributed by atoms with Crippen LogP contribution in [0.3, 0.4) is 0 Å². The monoisotopic (exact) mass is 463 g/mol. The Balaban J connectivity index is 1.74. The van der Waals surface area contributed by atoms with Crippen molar-refractivity contribution in [3.63, 3.8) is 0 Å². The summed E-state index contributed by atoms with van der Waals surface area (Å²) in [5.74, 6) is -0.362. The average molecular weight is 464 g/mol. The fraction of sp³-hybridized carbons (Fsp3) is 0.346. The van der Waals surface area contributed by atoms with E-state index in [-0.39, 0.29) is 22.5 Å². The normalized spacial score (nSPS) is 20.8. The first-order valence-electron chi connectivity index (χ1n) is 11.1. The van der Waals surface area contributed by atoms with Gasteiger partial charge in [-0.15, -0.1) is 0 Å². The molecule has 1 saturated heterocycles. The third kappa shape index (κ3) is 3.89. The zero-order valence-corrected chi connectivity index (χ0v) is 20.3. The topological polar surface area (TPSA) is 88.2 Å². The van der Waals surface area contributed by atoms with Gasteiger partial charge in [-0.3, -0.25) is 14.9 Å². The SMILES string of the molecule is COc1ccc(N2C(=O)NC(=O)/C(=C\c3ccc4c(c3)[C@H](C)CC(C)(C)N4C)C2=O)c(OC)c1. The highest BCUT2D eigenvalue weighted by Gasteiger charge is 2.39. The van der Waals surface area contributed by atoms with Gasteiger partial charge < -0.3 is 14.4 Å². The van der Waals surface area contributed by atoms with Gasteiger partial charge in [-0.25, -0.2) is 9.69 Å². The van der Waals surface area contributed by atoms with Crippen molar-refractivity contribution in [2.75, 3.05) is 31.1 Å². The fourth-order valence-corrected chi connectivity index (χ4v) is 4.70. The van der Waals surface area contributed by atoms with Crippen molar-refractivity contribution in [3.05, 3.63) is 53.1 Å². The van der Waals surface area contributed by atoms with E-state index in [2.05, 4.69) is 38.0 Å². The Morgan fingerprint density at radius 2 is 1.74 bits per heavy atom. The van der Waals surface area contributed by atoms with Crippen molar-refractivity contribution in [2.45, 2.75) is 38.6 Å². The molecule has 2 aromatic rings. The summed E-state index contributed by atoms with van der Waals surface area (Å²) in [7, 11) is 5.01.